The smallest absolute Gasteiger partial charge is 0.347 e. The molecule has 0 spiro atoms. The molecule has 1 aromatic heterocycles. The molecule has 0 atom stereocenters. The van der Waals surface area contributed by atoms with E-state index < -0.39 is 5.63 Å². The lowest BCUT2D eigenvalue weighted by atomic mass is 10.0. The van der Waals surface area contributed by atoms with Crippen LogP contribution in [-0.4, -0.2) is 16.0 Å². The number of phenolic OH excluding ortho intramolecular Hbond substituents is 2. The van der Waals surface area contributed by atoms with Gasteiger partial charge in [0.25, 0.3) is 0 Å². The number of carbonyl (C=O) groups excluding carboxylic acids is 1. The standard InChI is InChI=1S/C18H14O5/c1-10-2-4-11(5-3-10)6-14(19)13-7-12-8-15(20)16(21)9-17(12)23-18(13)22/h2-5,7-9,20-21H,6H2,1H3. The Morgan fingerprint density at radius 3 is 2.39 bits per heavy atom. The van der Waals surface area contributed by atoms with Gasteiger partial charge in [-0.05, 0) is 24.6 Å². The van der Waals surface area contributed by atoms with Crippen molar-refractivity contribution >= 4 is 16.8 Å². The molecule has 0 saturated heterocycles. The first-order chi connectivity index (χ1) is 10.9. The summed E-state index contributed by atoms with van der Waals surface area (Å²) in [7, 11) is 0. The van der Waals surface area contributed by atoms with E-state index in [-0.39, 0.29) is 34.8 Å². The molecule has 5 nitrogen and oxygen atoms in total. The third-order valence-corrected chi connectivity index (χ3v) is 3.62. The number of hydrogen-bond donors (Lipinski definition) is 2. The molecule has 1 heterocycles. The van der Waals surface area contributed by atoms with E-state index in [9.17, 15) is 19.8 Å². The molecule has 2 N–H and O–H groups in total. The molecule has 5 heteroatoms. The molecule has 116 valence electrons. The van der Waals surface area contributed by atoms with E-state index in [1.807, 2.05) is 31.2 Å². The van der Waals surface area contributed by atoms with Crippen LogP contribution in [0.3, 0.4) is 0 Å². The van der Waals surface area contributed by atoms with Gasteiger partial charge in [0.1, 0.15) is 11.1 Å². The molecule has 0 aliphatic carbocycles. The quantitative estimate of drug-likeness (QED) is 0.441. The molecule has 0 unspecified atom stereocenters. The maximum Gasteiger partial charge on any atom is 0.347 e. The van der Waals surface area contributed by atoms with Crippen molar-refractivity contribution in [2.75, 3.05) is 0 Å². The van der Waals surface area contributed by atoms with E-state index in [2.05, 4.69) is 0 Å². The zero-order valence-corrected chi connectivity index (χ0v) is 12.4. The lowest BCUT2D eigenvalue weighted by Gasteiger charge is -2.04. The second-order valence-corrected chi connectivity index (χ2v) is 5.41. The number of phenols is 2. The van der Waals surface area contributed by atoms with Crippen molar-refractivity contribution in [1.29, 1.82) is 0 Å². The van der Waals surface area contributed by atoms with Gasteiger partial charge in [0, 0.05) is 17.9 Å². The monoisotopic (exact) mass is 310 g/mol. The second-order valence-electron chi connectivity index (χ2n) is 5.41. The molecule has 0 amide bonds. The molecule has 3 rings (SSSR count). The summed E-state index contributed by atoms with van der Waals surface area (Å²) in [6.45, 7) is 1.95. The fourth-order valence-electron chi connectivity index (χ4n) is 2.33. The Balaban J connectivity index is 2.00. The van der Waals surface area contributed by atoms with Crippen LogP contribution in [0.25, 0.3) is 11.0 Å². The Morgan fingerprint density at radius 2 is 1.70 bits per heavy atom. The summed E-state index contributed by atoms with van der Waals surface area (Å²) < 4.78 is 5.06. The van der Waals surface area contributed by atoms with Crippen LogP contribution in [0.1, 0.15) is 21.5 Å². The van der Waals surface area contributed by atoms with Crippen LogP contribution in [0.4, 0.5) is 0 Å². The number of hydrogen-bond acceptors (Lipinski definition) is 5. The predicted molar refractivity (Wildman–Crippen MR) is 85.0 cm³/mol. The fraction of sp³-hybridized carbons (Fsp3) is 0.111. The van der Waals surface area contributed by atoms with E-state index in [1.165, 1.54) is 12.1 Å². The lowest BCUT2D eigenvalue weighted by Crippen LogP contribution is -2.15. The molecular weight excluding hydrogens is 296 g/mol. The van der Waals surface area contributed by atoms with E-state index in [0.717, 1.165) is 17.2 Å². The third kappa shape index (κ3) is 2.94. The molecule has 2 aromatic carbocycles. The maximum absolute atomic E-state index is 12.3. The molecule has 0 radical (unpaired) electrons. The van der Waals surface area contributed by atoms with Crippen LogP contribution in [0.2, 0.25) is 0 Å². The van der Waals surface area contributed by atoms with Crippen molar-refractivity contribution in [2.24, 2.45) is 0 Å². The largest absolute Gasteiger partial charge is 0.504 e. The van der Waals surface area contributed by atoms with Crippen molar-refractivity contribution in [2.45, 2.75) is 13.3 Å². The van der Waals surface area contributed by atoms with Crippen LogP contribution in [0, 0.1) is 6.92 Å². The number of carbonyl (C=O) groups is 1. The van der Waals surface area contributed by atoms with E-state index in [4.69, 9.17) is 4.42 Å². The number of rotatable bonds is 3. The number of benzene rings is 2. The molecule has 0 fully saturated rings. The van der Waals surface area contributed by atoms with Gasteiger partial charge in [-0.1, -0.05) is 29.8 Å². The first-order valence-corrected chi connectivity index (χ1v) is 7.02. The van der Waals surface area contributed by atoms with Gasteiger partial charge in [-0.15, -0.1) is 0 Å². The molecule has 0 aliphatic rings. The van der Waals surface area contributed by atoms with Crippen LogP contribution in [-0.2, 0) is 6.42 Å². The van der Waals surface area contributed by atoms with Crippen molar-refractivity contribution in [3.63, 3.8) is 0 Å². The highest BCUT2D eigenvalue weighted by Crippen LogP contribution is 2.29. The van der Waals surface area contributed by atoms with Gasteiger partial charge in [0.15, 0.2) is 17.3 Å². The topological polar surface area (TPSA) is 87.7 Å². The summed E-state index contributed by atoms with van der Waals surface area (Å²) in [6.07, 6.45) is 0.0839. The van der Waals surface area contributed by atoms with Gasteiger partial charge in [-0.2, -0.15) is 0 Å². The molecule has 0 bridgehead atoms. The van der Waals surface area contributed by atoms with E-state index in [1.54, 1.807) is 0 Å². The fourth-order valence-corrected chi connectivity index (χ4v) is 2.33. The molecule has 23 heavy (non-hydrogen) atoms. The Morgan fingerprint density at radius 1 is 1.04 bits per heavy atom. The Kier molecular flexibility index (Phi) is 3.62. The van der Waals surface area contributed by atoms with Gasteiger partial charge in [0.05, 0.1) is 0 Å². The van der Waals surface area contributed by atoms with Crippen molar-refractivity contribution in [1.82, 2.24) is 0 Å². The number of aryl methyl sites for hydroxylation is 1. The van der Waals surface area contributed by atoms with Crippen molar-refractivity contribution in [3.8, 4) is 11.5 Å². The molecular formula is C18H14O5. The van der Waals surface area contributed by atoms with Crippen LogP contribution >= 0.6 is 0 Å². The Bertz CT molecular complexity index is 952. The van der Waals surface area contributed by atoms with Crippen LogP contribution in [0.5, 0.6) is 11.5 Å². The highest BCUT2D eigenvalue weighted by atomic mass is 16.4. The Labute approximate surface area is 131 Å². The van der Waals surface area contributed by atoms with E-state index in [0.29, 0.717) is 5.39 Å². The van der Waals surface area contributed by atoms with Gasteiger partial charge in [0.2, 0.25) is 0 Å². The minimum Gasteiger partial charge on any atom is -0.504 e. The van der Waals surface area contributed by atoms with Gasteiger partial charge < -0.3 is 14.6 Å². The number of Topliss-reactive ketones (excluding diaryl/α,β-unsaturated/α-hetero) is 1. The SMILES string of the molecule is Cc1ccc(CC(=O)c2cc3cc(O)c(O)cc3oc2=O)cc1. The predicted octanol–water partition coefficient (Wildman–Crippen LogP) is 2.94. The van der Waals surface area contributed by atoms with Gasteiger partial charge in [-0.3, -0.25) is 4.79 Å². The van der Waals surface area contributed by atoms with E-state index >= 15 is 0 Å². The zero-order chi connectivity index (χ0) is 16.6. The lowest BCUT2D eigenvalue weighted by molar-refractivity contribution is 0.0989. The summed E-state index contributed by atoms with van der Waals surface area (Å²) in [5.74, 6) is -1.10. The van der Waals surface area contributed by atoms with Gasteiger partial charge in [-0.25, -0.2) is 4.79 Å². The first kappa shape index (κ1) is 14.8. The average molecular weight is 310 g/mol. The summed E-state index contributed by atoms with van der Waals surface area (Å²) in [6, 6.07) is 11.2. The zero-order valence-electron chi connectivity index (χ0n) is 12.4. The number of ketones is 1. The normalized spacial score (nSPS) is 10.8. The molecule has 0 saturated carbocycles. The van der Waals surface area contributed by atoms with Crippen molar-refractivity contribution in [3.05, 3.63) is 69.6 Å². The molecule has 0 aliphatic heterocycles. The summed E-state index contributed by atoms with van der Waals surface area (Å²) in [4.78, 5) is 24.3. The van der Waals surface area contributed by atoms with Crippen molar-refractivity contribution < 1.29 is 19.4 Å². The Hall–Kier alpha value is -3.08. The van der Waals surface area contributed by atoms with Crippen LogP contribution < -0.4 is 5.63 Å². The maximum atomic E-state index is 12.3. The number of aromatic hydroxyl groups is 2. The minimum atomic E-state index is -0.764. The average Bonchev–Trinajstić information content (AvgIpc) is 2.50. The number of fused-ring (bicyclic) bond motifs is 1. The highest BCUT2D eigenvalue weighted by Gasteiger charge is 2.15. The first-order valence-electron chi connectivity index (χ1n) is 7.02. The van der Waals surface area contributed by atoms with Crippen LogP contribution in [0.15, 0.2) is 51.7 Å². The minimum absolute atomic E-state index is 0.0804. The summed E-state index contributed by atoms with van der Waals surface area (Å²) in [5, 5.41) is 19.3. The summed E-state index contributed by atoms with van der Waals surface area (Å²) >= 11 is 0. The second kappa shape index (κ2) is 5.61. The third-order valence-electron chi connectivity index (χ3n) is 3.62. The highest BCUT2D eigenvalue weighted by molar-refractivity contribution is 5.99. The summed E-state index contributed by atoms with van der Waals surface area (Å²) in [5.41, 5.74) is 1.15. The van der Waals surface area contributed by atoms with Gasteiger partial charge >= 0.3 is 5.63 Å². The molecule has 3 aromatic rings.